The van der Waals surface area contributed by atoms with Crippen molar-refractivity contribution in [3.63, 3.8) is 0 Å². The molecular formula is C19H22FN3S2. The molecule has 0 aliphatic carbocycles. The van der Waals surface area contributed by atoms with Crippen molar-refractivity contribution >= 4 is 24.0 Å². The molecule has 1 aliphatic rings. The molecule has 1 aromatic carbocycles. The van der Waals surface area contributed by atoms with E-state index in [4.69, 9.17) is 5.26 Å². The van der Waals surface area contributed by atoms with Gasteiger partial charge in [0.1, 0.15) is 6.17 Å². The Balaban J connectivity index is 1.62. The van der Waals surface area contributed by atoms with Crippen LogP contribution in [0, 0.1) is 11.3 Å². The van der Waals surface area contributed by atoms with Crippen molar-refractivity contribution in [2.24, 2.45) is 0 Å². The van der Waals surface area contributed by atoms with Crippen LogP contribution in [0.15, 0.2) is 29.6 Å². The van der Waals surface area contributed by atoms with E-state index in [1.807, 2.05) is 0 Å². The van der Waals surface area contributed by atoms with Crippen LogP contribution in [0.3, 0.4) is 0 Å². The van der Waals surface area contributed by atoms with Crippen LogP contribution in [-0.2, 0) is 13.0 Å². The monoisotopic (exact) mass is 375 g/mol. The first-order valence-corrected chi connectivity index (χ1v) is 9.86. The molecule has 132 valence electrons. The van der Waals surface area contributed by atoms with Crippen LogP contribution in [0.1, 0.15) is 30.3 Å². The lowest BCUT2D eigenvalue weighted by atomic mass is 9.91. The molecule has 1 aromatic heterocycles. The molecule has 25 heavy (non-hydrogen) atoms. The molecule has 2 unspecified atom stereocenters. The van der Waals surface area contributed by atoms with Gasteiger partial charge in [-0.25, -0.2) is 9.37 Å². The van der Waals surface area contributed by atoms with Crippen LogP contribution < -0.4 is 0 Å². The first kappa shape index (κ1) is 18.4. The van der Waals surface area contributed by atoms with Gasteiger partial charge >= 0.3 is 0 Å². The molecular weight excluding hydrogens is 353 g/mol. The minimum absolute atomic E-state index is 0.160. The molecule has 1 saturated heterocycles. The number of piperidine rings is 1. The Kier molecular flexibility index (Phi) is 5.78. The van der Waals surface area contributed by atoms with Gasteiger partial charge < -0.3 is 0 Å². The molecule has 3 rings (SSSR count). The Morgan fingerprint density at radius 3 is 2.80 bits per heavy atom. The number of benzene rings is 1. The van der Waals surface area contributed by atoms with E-state index in [0.29, 0.717) is 19.5 Å². The number of hydrogen-bond donors (Lipinski definition) is 1. The van der Waals surface area contributed by atoms with Gasteiger partial charge in [0.25, 0.3) is 0 Å². The van der Waals surface area contributed by atoms with Crippen molar-refractivity contribution in [1.82, 2.24) is 9.88 Å². The van der Waals surface area contributed by atoms with Gasteiger partial charge in [-0.05, 0) is 18.4 Å². The second kappa shape index (κ2) is 7.86. The summed E-state index contributed by atoms with van der Waals surface area (Å²) >= 11 is 6.12. The third kappa shape index (κ3) is 4.22. The Labute approximate surface area is 157 Å². The largest absolute Gasteiger partial charge is 0.296 e. The Hall–Kier alpha value is -1.42. The number of aromatic nitrogens is 1. The number of hydrogen-bond acceptors (Lipinski definition) is 5. The number of thiol groups is 1. The molecule has 0 saturated carbocycles. The normalized spacial score (nSPS) is 24.2. The molecule has 1 fully saturated rings. The fourth-order valence-corrected chi connectivity index (χ4v) is 4.13. The van der Waals surface area contributed by atoms with Gasteiger partial charge in [0.2, 0.25) is 0 Å². The highest BCUT2D eigenvalue weighted by Gasteiger charge is 2.40. The molecule has 2 atom stereocenters. The summed E-state index contributed by atoms with van der Waals surface area (Å²) in [7, 11) is 0. The minimum Gasteiger partial charge on any atom is -0.296 e. The van der Waals surface area contributed by atoms with Crippen molar-refractivity contribution in [2.45, 2.75) is 43.6 Å². The van der Waals surface area contributed by atoms with E-state index < -0.39 is 10.9 Å². The van der Waals surface area contributed by atoms with E-state index in [0.717, 1.165) is 34.8 Å². The Morgan fingerprint density at radius 1 is 1.44 bits per heavy atom. The Bertz CT molecular complexity index is 753. The van der Waals surface area contributed by atoms with E-state index in [2.05, 4.69) is 65.2 Å². The van der Waals surface area contributed by atoms with Crippen LogP contribution in [0.5, 0.6) is 0 Å². The number of likely N-dealkylation sites (tertiary alicyclic amines) is 1. The quantitative estimate of drug-likeness (QED) is 0.782. The number of alkyl halides is 1. The van der Waals surface area contributed by atoms with Crippen LogP contribution >= 0.6 is 24.0 Å². The molecule has 2 heterocycles. The highest BCUT2D eigenvalue weighted by atomic mass is 32.1. The third-order valence-electron chi connectivity index (χ3n) is 4.76. The molecule has 6 heteroatoms. The van der Waals surface area contributed by atoms with Crippen LogP contribution in [0.2, 0.25) is 0 Å². The zero-order valence-electron chi connectivity index (χ0n) is 14.3. The lowest BCUT2D eigenvalue weighted by Gasteiger charge is -2.40. The predicted octanol–water partition coefficient (Wildman–Crippen LogP) is 4.50. The number of aryl methyl sites for hydroxylation is 1. The van der Waals surface area contributed by atoms with Crippen LogP contribution in [-0.4, -0.2) is 33.9 Å². The van der Waals surface area contributed by atoms with E-state index in [1.54, 1.807) is 11.3 Å². The number of rotatable bonds is 5. The molecule has 0 radical (unpaired) electrons. The summed E-state index contributed by atoms with van der Waals surface area (Å²) in [4.78, 5) is 6.71. The van der Waals surface area contributed by atoms with Gasteiger partial charge in [0.05, 0.1) is 27.9 Å². The molecule has 1 aliphatic heterocycles. The molecule has 3 nitrogen and oxygen atoms in total. The molecule has 0 bridgehead atoms. The summed E-state index contributed by atoms with van der Waals surface area (Å²) in [6.07, 6.45) is 0.640. The fraction of sp³-hybridized carbons (Fsp3) is 0.474. The van der Waals surface area contributed by atoms with Gasteiger partial charge in [-0.2, -0.15) is 17.9 Å². The standard InChI is InChI=1S/C19H22FN3S2/c1-2-18-22-16(13-25-18)15-5-3-14(4-6-15)11-23-10-8-19(24,7-9-21)17(20)12-23/h3-6,13,17,24H,2,7-8,10-12H2,1H3. The van der Waals surface area contributed by atoms with Crippen molar-refractivity contribution in [3.8, 4) is 17.3 Å². The highest BCUT2D eigenvalue weighted by Crippen LogP contribution is 2.34. The summed E-state index contributed by atoms with van der Waals surface area (Å²) in [5.41, 5.74) is 3.30. The van der Waals surface area contributed by atoms with Gasteiger partial charge in [-0.1, -0.05) is 31.2 Å². The summed E-state index contributed by atoms with van der Waals surface area (Å²) in [6, 6.07) is 10.4. The lowest BCUT2D eigenvalue weighted by Crippen LogP contribution is -2.49. The smallest absolute Gasteiger partial charge is 0.128 e. The average Bonchev–Trinajstić information content (AvgIpc) is 3.09. The minimum atomic E-state index is -1.08. The van der Waals surface area contributed by atoms with Crippen molar-refractivity contribution in [2.75, 3.05) is 13.1 Å². The lowest BCUT2D eigenvalue weighted by molar-refractivity contribution is 0.101. The number of nitriles is 1. The number of halogens is 1. The maximum Gasteiger partial charge on any atom is 0.128 e. The first-order valence-electron chi connectivity index (χ1n) is 8.53. The molecule has 0 amide bonds. The number of thiazole rings is 1. The maximum absolute atomic E-state index is 14.4. The number of nitrogens with zero attached hydrogens (tertiary/aromatic N) is 3. The molecule has 2 aromatic rings. The molecule has 0 spiro atoms. The molecule has 0 N–H and O–H groups in total. The van der Waals surface area contributed by atoms with Crippen LogP contribution in [0.25, 0.3) is 11.3 Å². The van der Waals surface area contributed by atoms with Crippen molar-refractivity contribution in [3.05, 3.63) is 40.2 Å². The average molecular weight is 376 g/mol. The second-order valence-electron chi connectivity index (χ2n) is 6.57. The van der Waals surface area contributed by atoms with E-state index in [9.17, 15) is 4.39 Å². The van der Waals surface area contributed by atoms with Crippen molar-refractivity contribution < 1.29 is 4.39 Å². The van der Waals surface area contributed by atoms with Gasteiger partial charge in [-0.3, -0.25) is 4.90 Å². The maximum atomic E-state index is 14.4. The summed E-state index contributed by atoms with van der Waals surface area (Å²) in [6.45, 7) is 3.92. The first-order chi connectivity index (χ1) is 12.0. The van der Waals surface area contributed by atoms with Gasteiger partial charge in [0.15, 0.2) is 0 Å². The van der Waals surface area contributed by atoms with E-state index in [1.165, 1.54) is 0 Å². The third-order valence-corrected chi connectivity index (χ3v) is 6.41. The SMILES string of the molecule is CCc1nc(-c2ccc(CN3CCC(S)(CC#N)C(F)C3)cc2)cs1. The topological polar surface area (TPSA) is 39.9 Å². The predicted molar refractivity (Wildman–Crippen MR) is 104 cm³/mol. The second-order valence-corrected chi connectivity index (χ2v) is 8.40. The van der Waals surface area contributed by atoms with E-state index >= 15 is 0 Å². The summed E-state index contributed by atoms with van der Waals surface area (Å²) in [5.74, 6) is 0. The van der Waals surface area contributed by atoms with Gasteiger partial charge in [0, 0.05) is 30.6 Å². The summed E-state index contributed by atoms with van der Waals surface area (Å²) < 4.78 is 13.6. The zero-order valence-corrected chi connectivity index (χ0v) is 16.0. The Morgan fingerprint density at radius 2 is 2.20 bits per heavy atom. The van der Waals surface area contributed by atoms with Gasteiger partial charge in [-0.15, -0.1) is 11.3 Å². The zero-order chi connectivity index (χ0) is 17.9. The van der Waals surface area contributed by atoms with Crippen molar-refractivity contribution in [1.29, 1.82) is 5.26 Å². The van der Waals surface area contributed by atoms with E-state index in [-0.39, 0.29) is 6.42 Å². The highest BCUT2D eigenvalue weighted by molar-refractivity contribution is 7.81. The fourth-order valence-electron chi connectivity index (χ4n) is 3.12. The summed E-state index contributed by atoms with van der Waals surface area (Å²) in [5, 5.41) is 12.1. The van der Waals surface area contributed by atoms with Crippen LogP contribution in [0.4, 0.5) is 4.39 Å².